The summed E-state index contributed by atoms with van der Waals surface area (Å²) in [4.78, 5) is 0. The Hall–Kier alpha value is -5.02. The van der Waals surface area contributed by atoms with Gasteiger partial charge in [-0.15, -0.1) is 22.7 Å². The molecule has 0 N–H and O–H groups in total. The summed E-state index contributed by atoms with van der Waals surface area (Å²) < 4.78 is 5.50. The Labute approximate surface area is 275 Å². The van der Waals surface area contributed by atoms with Crippen LogP contribution in [0.25, 0.3) is 84.2 Å². The van der Waals surface area contributed by atoms with Crippen LogP contribution in [0.1, 0.15) is 24.0 Å². The molecule has 0 aliphatic heterocycles. The Morgan fingerprint density at radius 1 is 0.457 bits per heavy atom. The second-order valence-corrected chi connectivity index (χ2v) is 14.5. The highest BCUT2D eigenvalue weighted by Crippen LogP contribution is 2.43. The third-order valence-corrected chi connectivity index (χ3v) is 12.2. The van der Waals surface area contributed by atoms with Crippen molar-refractivity contribution in [1.82, 2.24) is 0 Å². The van der Waals surface area contributed by atoms with E-state index in [2.05, 4.69) is 146 Å². The van der Waals surface area contributed by atoms with E-state index in [1.54, 1.807) is 0 Å². The van der Waals surface area contributed by atoms with Gasteiger partial charge in [-0.2, -0.15) is 0 Å². The Kier molecular flexibility index (Phi) is 5.84. The molecule has 0 amide bonds. The van der Waals surface area contributed by atoms with Crippen molar-refractivity contribution in [3.8, 4) is 11.1 Å². The third-order valence-electron chi connectivity index (χ3n) is 9.75. The molecule has 0 radical (unpaired) electrons. The van der Waals surface area contributed by atoms with Crippen molar-refractivity contribution in [2.45, 2.75) is 12.8 Å². The lowest BCUT2D eigenvalue weighted by molar-refractivity contribution is 1.06. The topological polar surface area (TPSA) is 0 Å². The van der Waals surface area contributed by atoms with Gasteiger partial charge in [0, 0.05) is 45.7 Å². The van der Waals surface area contributed by atoms with Crippen molar-refractivity contribution in [2.75, 3.05) is 0 Å². The van der Waals surface area contributed by atoms with E-state index < -0.39 is 0 Å². The van der Waals surface area contributed by atoms with Crippen molar-refractivity contribution < 1.29 is 0 Å². The molecule has 1 aliphatic carbocycles. The molecule has 2 aromatic heterocycles. The summed E-state index contributed by atoms with van der Waals surface area (Å²) in [6, 6.07) is 49.7. The minimum atomic E-state index is 1.06. The summed E-state index contributed by atoms with van der Waals surface area (Å²) in [5.74, 6) is 0. The van der Waals surface area contributed by atoms with Gasteiger partial charge in [-0.3, -0.25) is 0 Å². The zero-order valence-corrected chi connectivity index (χ0v) is 26.7. The normalized spacial score (nSPS) is 13.7. The van der Waals surface area contributed by atoms with Crippen LogP contribution in [-0.2, 0) is 0 Å². The monoisotopic (exact) mass is 620 g/mol. The fourth-order valence-corrected chi connectivity index (χ4v) is 9.99. The molecule has 0 unspecified atom stereocenters. The highest BCUT2D eigenvalue weighted by molar-refractivity contribution is 7.27. The highest BCUT2D eigenvalue weighted by Gasteiger charge is 2.16. The van der Waals surface area contributed by atoms with Gasteiger partial charge < -0.3 is 0 Å². The van der Waals surface area contributed by atoms with Crippen LogP contribution in [0.5, 0.6) is 0 Å². The fourth-order valence-electron chi connectivity index (χ4n) is 7.47. The first kappa shape index (κ1) is 26.2. The van der Waals surface area contributed by atoms with Crippen LogP contribution in [0.15, 0.2) is 146 Å². The maximum Gasteiger partial charge on any atom is 0.0440 e. The molecule has 0 bridgehead atoms. The smallest absolute Gasteiger partial charge is 0.0440 e. The molecule has 0 atom stereocenters. The second-order valence-electron chi connectivity index (χ2n) is 12.4. The molecule has 1 aliphatic rings. The molecule has 9 aromatic rings. The van der Waals surface area contributed by atoms with E-state index in [0.29, 0.717) is 0 Å². The maximum absolute atomic E-state index is 2.43. The quantitative estimate of drug-likeness (QED) is 0.172. The van der Waals surface area contributed by atoms with Crippen LogP contribution >= 0.6 is 22.7 Å². The molecule has 0 nitrogen and oxygen atoms in total. The minimum Gasteiger partial charge on any atom is -0.135 e. The molecule has 0 saturated carbocycles. The van der Waals surface area contributed by atoms with Crippen molar-refractivity contribution in [3.05, 3.63) is 157 Å². The zero-order valence-electron chi connectivity index (χ0n) is 25.1. The number of rotatable bonds is 3. The molecular weight excluding hydrogens is 593 g/mol. The molecule has 2 heteroatoms. The summed E-state index contributed by atoms with van der Waals surface area (Å²) >= 11 is 3.84. The third kappa shape index (κ3) is 4.04. The number of benzene rings is 7. The van der Waals surface area contributed by atoms with Crippen molar-refractivity contribution in [3.63, 3.8) is 0 Å². The zero-order chi connectivity index (χ0) is 30.2. The van der Waals surface area contributed by atoms with Crippen LogP contribution in [-0.4, -0.2) is 0 Å². The molecule has 0 fully saturated rings. The van der Waals surface area contributed by atoms with Crippen molar-refractivity contribution in [2.24, 2.45) is 0 Å². The molecule has 7 aromatic carbocycles. The first-order valence-corrected chi connectivity index (χ1v) is 17.6. The molecule has 10 rings (SSSR count). The number of hydrogen-bond donors (Lipinski definition) is 0. The van der Waals surface area contributed by atoms with E-state index in [1.807, 2.05) is 22.7 Å². The van der Waals surface area contributed by atoms with Gasteiger partial charge >= 0.3 is 0 Å². The van der Waals surface area contributed by atoms with Crippen LogP contribution in [0.4, 0.5) is 0 Å². The molecule has 2 heterocycles. The van der Waals surface area contributed by atoms with Gasteiger partial charge in [-0.05, 0) is 80.6 Å². The van der Waals surface area contributed by atoms with E-state index in [4.69, 9.17) is 0 Å². The summed E-state index contributed by atoms with van der Waals surface area (Å²) in [5, 5.41) is 10.7. The Morgan fingerprint density at radius 3 is 1.91 bits per heavy atom. The first-order valence-electron chi connectivity index (χ1n) is 16.0. The van der Waals surface area contributed by atoms with Crippen LogP contribution in [0, 0.1) is 0 Å². The molecule has 0 spiro atoms. The predicted octanol–water partition coefficient (Wildman–Crippen LogP) is 13.7. The molecule has 216 valence electrons. The van der Waals surface area contributed by atoms with Gasteiger partial charge in [-0.1, -0.05) is 127 Å². The second kappa shape index (κ2) is 10.3. The van der Waals surface area contributed by atoms with Crippen molar-refractivity contribution >= 4 is 95.7 Å². The van der Waals surface area contributed by atoms with Gasteiger partial charge in [0.15, 0.2) is 0 Å². The van der Waals surface area contributed by atoms with Gasteiger partial charge in [0.25, 0.3) is 0 Å². The average molecular weight is 621 g/mol. The lowest BCUT2D eigenvalue weighted by atomic mass is 9.89. The number of thiophene rings is 2. The van der Waals surface area contributed by atoms with Crippen LogP contribution in [0.2, 0.25) is 0 Å². The fraction of sp³-hybridized carbons (Fsp3) is 0.0455. The van der Waals surface area contributed by atoms with E-state index in [9.17, 15) is 0 Å². The predicted molar refractivity (Wildman–Crippen MR) is 204 cm³/mol. The SMILES string of the molecule is C1=C(c2ccc(-c3ccc4ccc5ccc6c7ccccc7sc6c5c4c3)cc2)C=C(c2cccc3c2sc2ccccc23)CC1. The van der Waals surface area contributed by atoms with E-state index >= 15 is 0 Å². The standard InChI is InChI=1S/C44H28S2/c1-3-13-40-35(9-1)37-12-6-11-34(43(37)45-40)33-8-5-7-31(25-33)27-15-17-28(18-16-27)32-22-20-29-19-21-30-23-24-38-36-10-2-4-14-41(36)46-44(38)42(30)39(29)26-32/h1-4,6-7,9-26H,5,8H2. The van der Waals surface area contributed by atoms with Gasteiger partial charge in [0.05, 0.1) is 0 Å². The Morgan fingerprint density at radius 2 is 1.09 bits per heavy atom. The largest absolute Gasteiger partial charge is 0.135 e. The maximum atomic E-state index is 2.43. The number of hydrogen-bond acceptors (Lipinski definition) is 2. The van der Waals surface area contributed by atoms with Crippen LogP contribution in [0.3, 0.4) is 0 Å². The minimum absolute atomic E-state index is 1.06. The molecule has 0 saturated heterocycles. The van der Waals surface area contributed by atoms with E-state index in [-0.39, 0.29) is 0 Å². The van der Waals surface area contributed by atoms with Gasteiger partial charge in [0.1, 0.15) is 0 Å². The number of allylic oxidation sites excluding steroid dienone is 4. The van der Waals surface area contributed by atoms with E-state index in [0.717, 1.165) is 12.8 Å². The van der Waals surface area contributed by atoms with Crippen molar-refractivity contribution in [1.29, 1.82) is 0 Å². The lowest BCUT2D eigenvalue weighted by Crippen LogP contribution is -1.93. The average Bonchev–Trinajstić information content (AvgIpc) is 3.70. The molecular formula is C44H28S2. The lowest BCUT2D eigenvalue weighted by Gasteiger charge is -2.16. The summed E-state index contributed by atoms with van der Waals surface area (Å²) in [5.41, 5.74) is 7.94. The Balaban J connectivity index is 1.04. The number of fused-ring (bicyclic) bond motifs is 10. The summed E-state index contributed by atoms with van der Waals surface area (Å²) in [6.07, 6.45) is 6.97. The first-order chi connectivity index (χ1) is 22.8. The van der Waals surface area contributed by atoms with Gasteiger partial charge in [0.2, 0.25) is 0 Å². The molecule has 46 heavy (non-hydrogen) atoms. The highest BCUT2D eigenvalue weighted by atomic mass is 32.1. The Bertz CT molecular complexity index is 2730. The van der Waals surface area contributed by atoms with Gasteiger partial charge in [-0.25, -0.2) is 0 Å². The van der Waals surface area contributed by atoms with Crippen LogP contribution < -0.4 is 0 Å². The summed E-state index contributed by atoms with van der Waals surface area (Å²) in [7, 11) is 0. The summed E-state index contributed by atoms with van der Waals surface area (Å²) in [6.45, 7) is 0. The van der Waals surface area contributed by atoms with E-state index in [1.165, 1.54) is 95.3 Å².